The Morgan fingerprint density at radius 1 is 1.23 bits per heavy atom. The summed E-state index contributed by atoms with van der Waals surface area (Å²) in [6.45, 7) is 5.79. The molecule has 0 amide bonds. The van der Waals surface area contributed by atoms with Gasteiger partial charge in [-0.05, 0) is 25.3 Å². The van der Waals surface area contributed by atoms with E-state index in [1.54, 1.807) is 0 Å². The van der Waals surface area contributed by atoms with E-state index >= 15 is 0 Å². The Kier molecular flexibility index (Phi) is 2.04. The molecule has 0 spiro atoms. The minimum atomic E-state index is 0.751. The number of likely N-dealkylation sites (tertiary alicyclic amines) is 1. The van der Waals surface area contributed by atoms with Gasteiger partial charge in [-0.1, -0.05) is 0 Å². The number of ether oxygens (including phenoxy) is 1. The summed E-state index contributed by atoms with van der Waals surface area (Å²) in [5, 5.41) is 3.60. The monoisotopic (exact) mass is 182 g/mol. The van der Waals surface area contributed by atoms with Crippen LogP contribution >= 0.6 is 0 Å². The highest BCUT2D eigenvalue weighted by Crippen LogP contribution is 2.27. The molecule has 3 rings (SSSR count). The molecular formula is C10H18N2O. The highest BCUT2D eigenvalue weighted by molar-refractivity contribution is 4.93. The zero-order chi connectivity index (χ0) is 8.67. The van der Waals surface area contributed by atoms with Gasteiger partial charge in [-0.25, -0.2) is 0 Å². The van der Waals surface area contributed by atoms with E-state index < -0.39 is 0 Å². The average Bonchev–Trinajstić information content (AvgIpc) is 2.47. The van der Waals surface area contributed by atoms with Crippen LogP contribution in [0.15, 0.2) is 0 Å². The molecule has 74 valence electrons. The zero-order valence-electron chi connectivity index (χ0n) is 8.04. The molecule has 2 unspecified atom stereocenters. The first-order valence-electron chi connectivity index (χ1n) is 5.48. The maximum Gasteiger partial charge on any atom is 0.0645 e. The van der Waals surface area contributed by atoms with Gasteiger partial charge in [0, 0.05) is 19.1 Å². The fraction of sp³-hybridized carbons (Fsp3) is 1.00. The number of fused-ring (bicyclic) bond motifs is 1. The normalized spacial score (nSPS) is 41.5. The first-order chi connectivity index (χ1) is 6.43. The van der Waals surface area contributed by atoms with Crippen LogP contribution < -0.4 is 5.32 Å². The van der Waals surface area contributed by atoms with Crippen molar-refractivity contribution in [3.05, 3.63) is 0 Å². The van der Waals surface area contributed by atoms with Crippen molar-refractivity contribution in [1.29, 1.82) is 0 Å². The number of piperidine rings is 1. The second kappa shape index (κ2) is 3.23. The summed E-state index contributed by atoms with van der Waals surface area (Å²) in [6, 6.07) is 1.58. The van der Waals surface area contributed by atoms with Crippen molar-refractivity contribution in [3.63, 3.8) is 0 Å². The molecule has 1 N–H and O–H groups in total. The van der Waals surface area contributed by atoms with Crippen molar-refractivity contribution in [2.75, 3.05) is 32.8 Å². The molecule has 0 saturated carbocycles. The van der Waals surface area contributed by atoms with Crippen LogP contribution in [0.2, 0.25) is 0 Å². The molecule has 0 aromatic carbocycles. The largest absolute Gasteiger partial charge is 0.378 e. The molecule has 13 heavy (non-hydrogen) atoms. The van der Waals surface area contributed by atoms with Crippen molar-refractivity contribution in [2.24, 2.45) is 5.92 Å². The Balaban J connectivity index is 1.60. The summed E-state index contributed by atoms with van der Waals surface area (Å²) in [6.07, 6.45) is 2.73. The third-order valence-corrected chi connectivity index (χ3v) is 3.82. The highest BCUT2D eigenvalue weighted by atomic mass is 16.5. The van der Waals surface area contributed by atoms with Crippen LogP contribution in [0.5, 0.6) is 0 Å². The van der Waals surface area contributed by atoms with Crippen LogP contribution in [-0.2, 0) is 4.74 Å². The van der Waals surface area contributed by atoms with Gasteiger partial charge in [0.1, 0.15) is 0 Å². The maximum absolute atomic E-state index is 5.24. The van der Waals surface area contributed by atoms with E-state index in [0.29, 0.717) is 0 Å². The number of nitrogens with one attached hydrogen (secondary N) is 1. The summed E-state index contributed by atoms with van der Waals surface area (Å²) in [5.41, 5.74) is 0. The summed E-state index contributed by atoms with van der Waals surface area (Å²) in [7, 11) is 0. The molecule has 0 radical (unpaired) electrons. The standard InChI is InChI=1S/C10H18N2O/c1-3-11-10-2-4-12(5-8(1)10)9-6-13-7-9/h8-11H,1-7H2. The van der Waals surface area contributed by atoms with Crippen LogP contribution in [-0.4, -0.2) is 49.8 Å². The Morgan fingerprint density at radius 2 is 2.15 bits per heavy atom. The van der Waals surface area contributed by atoms with Gasteiger partial charge in [-0.2, -0.15) is 0 Å². The fourth-order valence-corrected chi connectivity index (χ4v) is 2.84. The predicted octanol–water partition coefficient (Wildman–Crippen LogP) is 0.0690. The lowest BCUT2D eigenvalue weighted by molar-refractivity contribution is -0.0772. The second-order valence-corrected chi connectivity index (χ2v) is 4.58. The Bertz CT molecular complexity index is 193. The lowest BCUT2D eigenvalue weighted by Gasteiger charge is -2.43. The highest BCUT2D eigenvalue weighted by Gasteiger charge is 2.36. The first-order valence-corrected chi connectivity index (χ1v) is 5.48. The summed E-state index contributed by atoms with van der Waals surface area (Å²) in [5.74, 6) is 0.925. The molecule has 3 fully saturated rings. The van der Waals surface area contributed by atoms with Gasteiger partial charge in [0.25, 0.3) is 0 Å². The van der Waals surface area contributed by atoms with Gasteiger partial charge < -0.3 is 10.1 Å². The summed E-state index contributed by atoms with van der Waals surface area (Å²) >= 11 is 0. The van der Waals surface area contributed by atoms with Crippen LogP contribution in [0.3, 0.4) is 0 Å². The number of hydrogen-bond donors (Lipinski definition) is 1. The van der Waals surface area contributed by atoms with E-state index in [2.05, 4.69) is 10.2 Å². The van der Waals surface area contributed by atoms with Crippen molar-refractivity contribution in [2.45, 2.75) is 24.9 Å². The van der Waals surface area contributed by atoms with E-state index in [1.165, 1.54) is 32.5 Å². The molecule has 3 saturated heterocycles. The predicted molar refractivity (Wildman–Crippen MR) is 50.7 cm³/mol. The van der Waals surface area contributed by atoms with Gasteiger partial charge in [0.05, 0.1) is 19.3 Å². The van der Waals surface area contributed by atoms with Crippen molar-refractivity contribution in [1.82, 2.24) is 10.2 Å². The van der Waals surface area contributed by atoms with E-state index in [9.17, 15) is 0 Å². The molecule has 3 heterocycles. The molecule has 0 aliphatic carbocycles. The van der Waals surface area contributed by atoms with Crippen LogP contribution in [0, 0.1) is 5.92 Å². The van der Waals surface area contributed by atoms with Crippen molar-refractivity contribution in [3.8, 4) is 0 Å². The smallest absolute Gasteiger partial charge is 0.0645 e. The molecule has 2 atom stereocenters. The lowest BCUT2D eigenvalue weighted by atomic mass is 9.92. The van der Waals surface area contributed by atoms with Crippen molar-refractivity contribution >= 4 is 0 Å². The van der Waals surface area contributed by atoms with E-state index in [1.807, 2.05) is 0 Å². The van der Waals surface area contributed by atoms with Gasteiger partial charge in [-0.3, -0.25) is 4.90 Å². The molecule has 0 aromatic heterocycles. The van der Waals surface area contributed by atoms with Gasteiger partial charge in [0.15, 0.2) is 0 Å². The zero-order valence-corrected chi connectivity index (χ0v) is 8.04. The summed E-state index contributed by atoms with van der Waals surface area (Å²) in [4.78, 5) is 2.64. The first kappa shape index (κ1) is 8.21. The molecule has 3 aliphatic heterocycles. The molecule has 3 nitrogen and oxygen atoms in total. The van der Waals surface area contributed by atoms with Crippen LogP contribution in [0.1, 0.15) is 12.8 Å². The van der Waals surface area contributed by atoms with E-state index in [-0.39, 0.29) is 0 Å². The molecular weight excluding hydrogens is 164 g/mol. The Labute approximate surface area is 79.4 Å². The van der Waals surface area contributed by atoms with Gasteiger partial charge >= 0.3 is 0 Å². The van der Waals surface area contributed by atoms with E-state index in [4.69, 9.17) is 4.74 Å². The SMILES string of the molecule is C1CC2CN(C3COC3)CCC2N1. The van der Waals surface area contributed by atoms with Crippen molar-refractivity contribution < 1.29 is 4.74 Å². The Morgan fingerprint density at radius 3 is 2.92 bits per heavy atom. The number of rotatable bonds is 1. The van der Waals surface area contributed by atoms with Gasteiger partial charge in [-0.15, -0.1) is 0 Å². The topological polar surface area (TPSA) is 24.5 Å². The molecule has 3 heteroatoms. The third kappa shape index (κ3) is 1.39. The average molecular weight is 182 g/mol. The summed E-state index contributed by atoms with van der Waals surface area (Å²) < 4.78 is 5.24. The number of hydrogen-bond acceptors (Lipinski definition) is 3. The number of nitrogens with zero attached hydrogens (tertiary/aromatic N) is 1. The quantitative estimate of drug-likeness (QED) is 0.621. The minimum absolute atomic E-state index is 0.751. The molecule has 0 bridgehead atoms. The minimum Gasteiger partial charge on any atom is -0.378 e. The maximum atomic E-state index is 5.24. The fourth-order valence-electron chi connectivity index (χ4n) is 2.84. The molecule has 0 aromatic rings. The van der Waals surface area contributed by atoms with Gasteiger partial charge in [0.2, 0.25) is 0 Å². The molecule has 3 aliphatic rings. The third-order valence-electron chi connectivity index (χ3n) is 3.82. The lowest BCUT2D eigenvalue weighted by Crippen LogP contribution is -2.55. The van der Waals surface area contributed by atoms with Crippen LogP contribution in [0.4, 0.5) is 0 Å². The Hall–Kier alpha value is -0.120. The van der Waals surface area contributed by atoms with Crippen LogP contribution in [0.25, 0.3) is 0 Å². The second-order valence-electron chi connectivity index (χ2n) is 4.58. The van der Waals surface area contributed by atoms with E-state index in [0.717, 1.165) is 31.2 Å².